The normalized spacial score (nSPS) is 11.2. The Morgan fingerprint density at radius 2 is 1.78 bits per heavy atom. The molecule has 3 aromatic heterocycles. The first-order valence-corrected chi connectivity index (χ1v) is 12.7. The number of pyridine rings is 1. The monoisotopic (exact) mass is 612 g/mol. The smallest absolute Gasteiger partial charge is 0.250 e. The highest BCUT2D eigenvalue weighted by atomic mass is 79.9. The Bertz CT molecular complexity index is 1660. The number of carbonyl (C=O) groups is 1. The Labute approximate surface area is 234 Å². The van der Waals surface area contributed by atoms with Crippen LogP contribution in [0.3, 0.4) is 0 Å². The van der Waals surface area contributed by atoms with Crippen molar-refractivity contribution in [3.8, 4) is 22.8 Å². The molecule has 0 aliphatic carbocycles. The van der Waals surface area contributed by atoms with Crippen molar-refractivity contribution in [2.24, 2.45) is 0 Å². The average Bonchev–Trinajstić information content (AvgIpc) is 3.49. The number of nitrogens with one attached hydrogen (secondary N) is 2. The number of hydrogen-bond acceptors (Lipinski definition) is 6. The van der Waals surface area contributed by atoms with Gasteiger partial charge in [0.15, 0.2) is 10.7 Å². The predicted octanol–water partition coefficient (Wildman–Crippen LogP) is 7.75. The summed E-state index contributed by atoms with van der Waals surface area (Å²) in [6, 6.07) is 15.8. The Morgan fingerprint density at radius 3 is 2.57 bits per heavy atom. The van der Waals surface area contributed by atoms with E-state index >= 15 is 0 Å². The highest BCUT2D eigenvalue weighted by molar-refractivity contribution is 9.10. The maximum absolute atomic E-state index is 12.3. The lowest BCUT2D eigenvalue weighted by atomic mass is 10.2. The summed E-state index contributed by atoms with van der Waals surface area (Å²) in [6.45, 7) is 0. The number of anilines is 1. The third kappa shape index (κ3) is 6.26. The van der Waals surface area contributed by atoms with Crippen LogP contribution in [-0.4, -0.2) is 21.0 Å². The fourth-order valence-corrected chi connectivity index (χ4v) is 4.53. The van der Waals surface area contributed by atoms with Gasteiger partial charge in [0.25, 0.3) is 0 Å². The molecule has 5 aromatic rings. The van der Waals surface area contributed by atoms with Gasteiger partial charge in [-0.1, -0.05) is 23.2 Å². The third-order valence-electron chi connectivity index (χ3n) is 5.01. The van der Waals surface area contributed by atoms with Crippen LogP contribution in [0.1, 0.15) is 5.76 Å². The lowest BCUT2D eigenvalue weighted by Gasteiger charge is -2.07. The first kappa shape index (κ1) is 25.2. The molecule has 0 saturated carbocycles. The number of furan rings is 1. The largest absolute Gasteiger partial charge is 0.457 e. The Kier molecular flexibility index (Phi) is 7.38. The molecular weight excluding hydrogens is 599 g/mol. The number of rotatable bonds is 5. The zero-order valence-electron chi connectivity index (χ0n) is 18.7. The van der Waals surface area contributed by atoms with E-state index in [0.29, 0.717) is 44.2 Å². The molecule has 3 heterocycles. The van der Waals surface area contributed by atoms with Gasteiger partial charge in [-0.3, -0.25) is 15.1 Å². The molecule has 1 amide bonds. The van der Waals surface area contributed by atoms with Gasteiger partial charge in [-0.2, -0.15) is 0 Å². The number of amides is 1. The molecule has 2 N–H and O–H groups in total. The molecule has 2 aromatic carbocycles. The van der Waals surface area contributed by atoms with Crippen molar-refractivity contribution in [3.05, 3.63) is 93.3 Å². The van der Waals surface area contributed by atoms with Gasteiger partial charge in [-0.25, -0.2) is 4.98 Å². The first-order chi connectivity index (χ1) is 17.8. The molecule has 37 heavy (non-hydrogen) atoms. The number of aromatic nitrogens is 2. The van der Waals surface area contributed by atoms with Gasteiger partial charge < -0.3 is 14.2 Å². The second-order valence-electron chi connectivity index (χ2n) is 7.73. The number of fused-ring (bicyclic) bond motifs is 1. The molecule has 0 aliphatic rings. The van der Waals surface area contributed by atoms with Crippen LogP contribution in [0.4, 0.5) is 5.69 Å². The minimum atomic E-state index is -0.423. The molecule has 0 fully saturated rings. The second kappa shape index (κ2) is 10.9. The van der Waals surface area contributed by atoms with Crippen LogP contribution in [0, 0.1) is 0 Å². The fourth-order valence-electron chi connectivity index (χ4n) is 3.42. The number of thiocarbonyl (C=S) groups is 1. The highest BCUT2D eigenvalue weighted by Crippen LogP contribution is 2.29. The van der Waals surface area contributed by atoms with Crippen LogP contribution in [0.15, 0.2) is 86.4 Å². The Hall–Kier alpha value is -3.50. The molecule has 184 valence electrons. The van der Waals surface area contributed by atoms with Crippen LogP contribution in [0.5, 0.6) is 0 Å². The molecule has 0 saturated heterocycles. The molecule has 11 heteroatoms. The summed E-state index contributed by atoms with van der Waals surface area (Å²) < 4.78 is 12.4. The Morgan fingerprint density at radius 1 is 0.973 bits per heavy atom. The van der Waals surface area contributed by atoms with Gasteiger partial charge in [0, 0.05) is 44.2 Å². The molecule has 0 atom stereocenters. The van der Waals surface area contributed by atoms with E-state index in [1.54, 1.807) is 60.9 Å². The van der Waals surface area contributed by atoms with Gasteiger partial charge in [-0.05, 0) is 88.8 Å². The molecular formula is C26H15BrCl2N4O3S. The summed E-state index contributed by atoms with van der Waals surface area (Å²) in [4.78, 5) is 21.0. The Balaban J connectivity index is 1.21. The van der Waals surface area contributed by atoms with Crippen LogP contribution in [0.25, 0.3) is 40.0 Å². The maximum atomic E-state index is 12.3. The molecule has 0 unspecified atom stereocenters. The lowest BCUT2D eigenvalue weighted by Crippen LogP contribution is -2.32. The molecule has 5 rings (SSSR count). The molecule has 0 aliphatic heterocycles. The average molecular weight is 614 g/mol. The number of nitrogens with zero attached hydrogens (tertiary/aromatic N) is 2. The van der Waals surface area contributed by atoms with E-state index in [2.05, 4.69) is 36.5 Å². The highest BCUT2D eigenvalue weighted by Gasteiger charge is 2.11. The number of benzene rings is 2. The van der Waals surface area contributed by atoms with Crippen molar-refractivity contribution in [1.29, 1.82) is 0 Å². The lowest BCUT2D eigenvalue weighted by molar-refractivity contribution is -0.115. The maximum Gasteiger partial charge on any atom is 0.250 e. The standard InChI is InChI=1S/C26H15BrCl2N4O3S/c27-16-7-15(12-30-13-16)25-32-21-11-19(1-4-23(21)36-25)31-26(37)33-24(34)6-3-20-2-5-22(35-20)14-8-17(28)10-18(29)9-14/h1-13H,(H2,31,33,34,37)/b6-3+. The first-order valence-electron chi connectivity index (χ1n) is 10.7. The summed E-state index contributed by atoms with van der Waals surface area (Å²) in [5.74, 6) is 1.08. The van der Waals surface area contributed by atoms with Gasteiger partial charge >= 0.3 is 0 Å². The van der Waals surface area contributed by atoms with Gasteiger partial charge in [0.2, 0.25) is 11.8 Å². The fraction of sp³-hybridized carbons (Fsp3) is 0. The zero-order valence-corrected chi connectivity index (χ0v) is 22.6. The van der Waals surface area contributed by atoms with E-state index in [0.717, 1.165) is 15.6 Å². The predicted molar refractivity (Wildman–Crippen MR) is 153 cm³/mol. The van der Waals surface area contributed by atoms with Crippen LogP contribution in [0.2, 0.25) is 10.0 Å². The summed E-state index contributed by atoms with van der Waals surface area (Å²) in [5, 5.41) is 6.70. The van der Waals surface area contributed by atoms with Crippen molar-refractivity contribution in [1.82, 2.24) is 15.3 Å². The summed E-state index contributed by atoms with van der Waals surface area (Å²) in [6.07, 6.45) is 6.21. The van der Waals surface area contributed by atoms with E-state index in [-0.39, 0.29) is 5.11 Å². The minimum Gasteiger partial charge on any atom is -0.457 e. The number of oxazole rings is 1. The molecule has 0 radical (unpaired) electrons. The van der Waals surface area contributed by atoms with Gasteiger partial charge in [0.1, 0.15) is 17.0 Å². The van der Waals surface area contributed by atoms with Crippen molar-refractivity contribution in [3.63, 3.8) is 0 Å². The molecule has 0 bridgehead atoms. The number of carbonyl (C=O) groups excluding carboxylic acids is 1. The van der Waals surface area contributed by atoms with Crippen molar-refractivity contribution in [2.45, 2.75) is 0 Å². The van der Waals surface area contributed by atoms with E-state index in [4.69, 9.17) is 44.3 Å². The number of hydrogen-bond donors (Lipinski definition) is 2. The van der Waals surface area contributed by atoms with Crippen LogP contribution < -0.4 is 10.6 Å². The van der Waals surface area contributed by atoms with E-state index in [9.17, 15) is 4.79 Å². The minimum absolute atomic E-state index is 0.127. The van der Waals surface area contributed by atoms with Gasteiger partial charge in [0.05, 0.1) is 5.56 Å². The van der Waals surface area contributed by atoms with E-state index in [1.165, 1.54) is 12.2 Å². The summed E-state index contributed by atoms with van der Waals surface area (Å²) in [7, 11) is 0. The van der Waals surface area contributed by atoms with Crippen LogP contribution in [-0.2, 0) is 4.79 Å². The van der Waals surface area contributed by atoms with Crippen molar-refractivity contribution < 1.29 is 13.6 Å². The summed E-state index contributed by atoms with van der Waals surface area (Å²) >= 11 is 20.8. The number of halogens is 3. The summed E-state index contributed by atoms with van der Waals surface area (Å²) in [5.41, 5.74) is 3.36. The van der Waals surface area contributed by atoms with Gasteiger partial charge in [-0.15, -0.1) is 0 Å². The third-order valence-corrected chi connectivity index (χ3v) is 6.08. The SMILES string of the molecule is O=C(/C=C/c1ccc(-c2cc(Cl)cc(Cl)c2)o1)NC(=S)Nc1ccc2oc(-c3cncc(Br)c3)nc2c1. The zero-order chi connectivity index (χ0) is 25.9. The molecule has 7 nitrogen and oxygen atoms in total. The quantitative estimate of drug-likeness (QED) is 0.155. The molecule has 0 spiro atoms. The second-order valence-corrected chi connectivity index (χ2v) is 9.93. The van der Waals surface area contributed by atoms with E-state index < -0.39 is 5.91 Å². The topological polar surface area (TPSA) is 93.2 Å². The van der Waals surface area contributed by atoms with E-state index in [1.807, 2.05) is 6.07 Å². The van der Waals surface area contributed by atoms with Crippen molar-refractivity contribution in [2.75, 3.05) is 5.32 Å². The van der Waals surface area contributed by atoms with Crippen molar-refractivity contribution >= 4 is 85.2 Å². The van der Waals surface area contributed by atoms with Crippen LogP contribution >= 0.6 is 51.3 Å².